The first kappa shape index (κ1) is 23.2. The van der Waals surface area contributed by atoms with E-state index in [9.17, 15) is 0 Å². The van der Waals surface area contributed by atoms with E-state index < -0.39 is 0 Å². The van der Waals surface area contributed by atoms with Crippen LogP contribution in [0.3, 0.4) is 0 Å². The van der Waals surface area contributed by atoms with Gasteiger partial charge in [0.05, 0.1) is 0 Å². The number of hydrogen-bond donors (Lipinski definition) is 0. The summed E-state index contributed by atoms with van der Waals surface area (Å²) >= 11 is 0. The summed E-state index contributed by atoms with van der Waals surface area (Å²) < 4.78 is 0. The first-order valence-corrected chi connectivity index (χ1v) is 6.08. The van der Waals surface area contributed by atoms with Gasteiger partial charge in [-0.2, -0.15) is 27.8 Å². The van der Waals surface area contributed by atoms with Gasteiger partial charge in [-0.3, -0.25) is 0 Å². The van der Waals surface area contributed by atoms with Crippen LogP contribution in [-0.4, -0.2) is 0 Å². The molecule has 1 heteroatoms. The Morgan fingerprint density at radius 3 is 2.06 bits per heavy atom. The third-order valence-corrected chi connectivity index (χ3v) is 3.81. The Labute approximate surface area is 131 Å². The van der Waals surface area contributed by atoms with Crippen molar-refractivity contribution in [3.05, 3.63) is 50.1 Å². The topological polar surface area (TPSA) is 0 Å². The fourth-order valence-corrected chi connectivity index (χ4v) is 3.15. The molecule has 0 bridgehead atoms. The van der Waals surface area contributed by atoms with Crippen LogP contribution in [0.15, 0.2) is 0 Å². The van der Waals surface area contributed by atoms with E-state index in [1.54, 1.807) is 27.8 Å². The molecule has 0 heterocycles. The van der Waals surface area contributed by atoms with Crippen molar-refractivity contribution < 1.29 is 21.7 Å². The molecule has 0 fully saturated rings. The van der Waals surface area contributed by atoms with E-state index in [2.05, 4.69) is 20.8 Å². The van der Waals surface area contributed by atoms with Gasteiger partial charge < -0.3 is 22.3 Å². The molecule has 0 saturated heterocycles. The van der Waals surface area contributed by atoms with Crippen LogP contribution in [0.2, 0.25) is 0 Å². The van der Waals surface area contributed by atoms with Crippen LogP contribution in [0.5, 0.6) is 0 Å². The Kier molecular flexibility index (Phi) is 12.8. The van der Waals surface area contributed by atoms with E-state index in [1.807, 2.05) is 0 Å². The molecule has 0 aliphatic heterocycles. The number of rotatable bonds is 2. The minimum atomic E-state index is 0. The summed E-state index contributed by atoms with van der Waals surface area (Å²) in [6.07, 6.45) is 7.96. The maximum absolute atomic E-state index is 2.34. The van der Waals surface area contributed by atoms with E-state index in [1.165, 1.54) is 38.5 Å². The summed E-state index contributed by atoms with van der Waals surface area (Å²) in [7, 11) is 0. The molecule has 0 atom stereocenters. The second kappa shape index (κ2) is 9.92. The van der Waals surface area contributed by atoms with Crippen molar-refractivity contribution in [3.63, 3.8) is 0 Å². The molecule has 0 amide bonds. The predicted molar refractivity (Wildman–Crippen MR) is 81.4 cm³/mol. The smallest absolute Gasteiger partial charge is 0.358 e. The molecule has 1 aliphatic carbocycles. The fraction of sp³-hybridized carbons (Fsp3) is 0.529. The zero-order valence-corrected chi connectivity index (χ0v) is 14.8. The molecule has 0 aromatic heterocycles. The Morgan fingerprint density at radius 1 is 1.00 bits per heavy atom. The summed E-state index contributed by atoms with van der Waals surface area (Å²) in [6.45, 7) is 6.94. The van der Waals surface area contributed by atoms with Crippen molar-refractivity contribution in [3.8, 4) is 0 Å². The van der Waals surface area contributed by atoms with E-state index >= 15 is 0 Å². The zero-order valence-electron chi connectivity index (χ0n) is 13.2. The standard InChI is InChI=1S/C14H21.3CH3.Ti/c1-4-11-10(3)13-8-6-7-9-14(13)12(11)5-2;;;;/h4-9H2,1-3H3;3*1H3;/q4*-1;+4. The van der Waals surface area contributed by atoms with Gasteiger partial charge in [0, 0.05) is 0 Å². The summed E-state index contributed by atoms with van der Waals surface area (Å²) in [4.78, 5) is 0. The molecule has 0 saturated carbocycles. The Balaban J connectivity index is -0.000000562. The minimum absolute atomic E-state index is 0. The molecule has 0 nitrogen and oxygen atoms in total. The SMILES string of the molecule is CCc1c(C)c2c([c-]1CC)CCCC2.[CH3-].[CH3-].[CH3-].[Ti+4]. The second-order valence-electron chi connectivity index (χ2n) is 4.45. The van der Waals surface area contributed by atoms with E-state index in [0.717, 1.165) is 0 Å². The van der Waals surface area contributed by atoms with Crippen molar-refractivity contribution in [2.75, 3.05) is 0 Å². The molecule has 1 aliphatic rings. The summed E-state index contributed by atoms with van der Waals surface area (Å²) in [5, 5.41) is 0. The summed E-state index contributed by atoms with van der Waals surface area (Å²) in [6, 6.07) is 0. The largest absolute Gasteiger partial charge is 4.00 e. The van der Waals surface area contributed by atoms with Crippen LogP contribution >= 0.6 is 0 Å². The number of hydrogen-bond acceptors (Lipinski definition) is 0. The van der Waals surface area contributed by atoms with Crippen molar-refractivity contribution >= 4 is 0 Å². The zero-order chi connectivity index (χ0) is 10.1. The van der Waals surface area contributed by atoms with Gasteiger partial charge in [-0.15, -0.1) is 0 Å². The third kappa shape index (κ3) is 3.78. The van der Waals surface area contributed by atoms with Crippen LogP contribution in [0.4, 0.5) is 0 Å². The molecular formula is C17H30Ti. The first-order valence-electron chi connectivity index (χ1n) is 6.08. The van der Waals surface area contributed by atoms with Crippen LogP contribution in [0.25, 0.3) is 0 Å². The first-order chi connectivity index (χ1) is 6.79. The van der Waals surface area contributed by atoms with Crippen molar-refractivity contribution in [1.82, 2.24) is 0 Å². The predicted octanol–water partition coefficient (Wildman–Crippen LogP) is 5.07. The average molecular weight is 282 g/mol. The van der Waals surface area contributed by atoms with Gasteiger partial charge in [0.15, 0.2) is 0 Å². The maximum Gasteiger partial charge on any atom is 4.00 e. The Hall–Kier alpha value is 0.0643. The molecule has 2 rings (SSSR count). The third-order valence-electron chi connectivity index (χ3n) is 3.81. The van der Waals surface area contributed by atoms with Gasteiger partial charge in [-0.1, -0.05) is 59.3 Å². The van der Waals surface area contributed by atoms with Crippen molar-refractivity contribution in [1.29, 1.82) is 0 Å². The van der Waals surface area contributed by atoms with Gasteiger partial charge >= 0.3 is 21.7 Å². The van der Waals surface area contributed by atoms with E-state index in [-0.39, 0.29) is 44.0 Å². The van der Waals surface area contributed by atoms with Crippen molar-refractivity contribution in [2.45, 2.75) is 59.3 Å². The average Bonchev–Trinajstić information content (AvgIpc) is 2.51. The van der Waals surface area contributed by atoms with Gasteiger partial charge in [-0.05, 0) is 0 Å². The monoisotopic (exact) mass is 282 g/mol. The molecule has 0 N–H and O–H groups in total. The molecule has 102 valence electrons. The van der Waals surface area contributed by atoms with Gasteiger partial charge in [0.1, 0.15) is 0 Å². The number of fused-ring (bicyclic) bond motifs is 1. The quantitative estimate of drug-likeness (QED) is 0.525. The van der Waals surface area contributed by atoms with Gasteiger partial charge in [-0.25, -0.2) is 0 Å². The van der Waals surface area contributed by atoms with E-state index in [4.69, 9.17) is 0 Å². The Morgan fingerprint density at radius 2 is 1.56 bits per heavy atom. The molecule has 1 aromatic carbocycles. The molecule has 18 heavy (non-hydrogen) atoms. The summed E-state index contributed by atoms with van der Waals surface area (Å²) in [5.74, 6) is 0. The molecular weight excluding hydrogens is 252 g/mol. The molecule has 1 aromatic rings. The minimum Gasteiger partial charge on any atom is -0.358 e. The van der Waals surface area contributed by atoms with Crippen LogP contribution in [0.1, 0.15) is 54.5 Å². The van der Waals surface area contributed by atoms with Crippen LogP contribution in [-0.2, 0) is 47.4 Å². The normalized spacial score (nSPS) is 12.2. The second-order valence-corrected chi connectivity index (χ2v) is 4.45. The summed E-state index contributed by atoms with van der Waals surface area (Å²) in [5.41, 5.74) is 8.43. The van der Waals surface area contributed by atoms with E-state index in [0.29, 0.717) is 0 Å². The fourth-order valence-electron chi connectivity index (χ4n) is 3.15. The Bertz CT molecular complexity index is 320. The molecule has 0 spiro atoms. The van der Waals surface area contributed by atoms with Gasteiger partial charge in [0.25, 0.3) is 0 Å². The van der Waals surface area contributed by atoms with Crippen molar-refractivity contribution in [2.24, 2.45) is 0 Å². The van der Waals surface area contributed by atoms with Gasteiger partial charge in [0.2, 0.25) is 0 Å². The maximum atomic E-state index is 2.34. The van der Waals surface area contributed by atoms with Crippen LogP contribution in [0, 0.1) is 29.2 Å². The molecule has 0 radical (unpaired) electrons. The molecule has 0 unspecified atom stereocenters. The van der Waals surface area contributed by atoms with Crippen LogP contribution < -0.4 is 0 Å².